The summed E-state index contributed by atoms with van der Waals surface area (Å²) in [7, 11) is 0. The third kappa shape index (κ3) is 4.51. The van der Waals surface area contributed by atoms with Crippen LogP contribution in [0.25, 0.3) is 0 Å². The second-order valence-electron chi connectivity index (χ2n) is 4.70. The maximum absolute atomic E-state index is 2.63. The van der Waals surface area contributed by atoms with Crippen molar-refractivity contribution in [2.45, 2.75) is 52.5 Å². The van der Waals surface area contributed by atoms with Gasteiger partial charge in [-0.2, -0.15) is 0 Å². The minimum absolute atomic E-state index is 0.609. The lowest BCUT2D eigenvalue weighted by Gasteiger charge is -2.31. The molecular weight excluding hydrogens is 206 g/mol. The van der Waals surface area contributed by atoms with Crippen LogP contribution in [-0.4, -0.2) is 18.0 Å². The molecule has 1 aromatic rings. The predicted molar refractivity (Wildman–Crippen MR) is 76.2 cm³/mol. The molecule has 1 aromatic carbocycles. The van der Waals surface area contributed by atoms with E-state index in [0.717, 1.165) is 6.54 Å². The fourth-order valence-electron chi connectivity index (χ4n) is 2.40. The lowest BCUT2D eigenvalue weighted by atomic mass is 10.0. The average Bonchev–Trinajstić information content (AvgIpc) is 2.39. The van der Waals surface area contributed by atoms with Gasteiger partial charge in [-0.15, -0.1) is 0 Å². The Morgan fingerprint density at radius 3 is 2.24 bits per heavy atom. The van der Waals surface area contributed by atoms with Crippen LogP contribution in [0.15, 0.2) is 30.3 Å². The first kappa shape index (κ1) is 14.2. The van der Waals surface area contributed by atoms with E-state index in [2.05, 4.69) is 56.0 Å². The first-order valence-corrected chi connectivity index (χ1v) is 7.12. The zero-order valence-corrected chi connectivity index (χ0v) is 11.7. The third-order valence-corrected chi connectivity index (χ3v) is 3.39. The summed E-state index contributed by atoms with van der Waals surface area (Å²) in [6.45, 7) is 9.21. The molecule has 0 bridgehead atoms. The van der Waals surface area contributed by atoms with E-state index in [-0.39, 0.29) is 0 Å². The van der Waals surface area contributed by atoms with Gasteiger partial charge in [0.05, 0.1) is 0 Å². The molecule has 0 N–H and O–H groups in total. The molecule has 0 spiro atoms. The van der Waals surface area contributed by atoms with Gasteiger partial charge in [0.2, 0.25) is 0 Å². The van der Waals surface area contributed by atoms with Gasteiger partial charge in [0, 0.05) is 6.04 Å². The highest BCUT2D eigenvalue weighted by molar-refractivity contribution is 5.19. The van der Waals surface area contributed by atoms with Crippen LogP contribution in [-0.2, 0) is 0 Å². The van der Waals surface area contributed by atoms with Crippen molar-refractivity contribution in [3.8, 4) is 0 Å². The van der Waals surface area contributed by atoms with Crippen molar-refractivity contribution < 1.29 is 0 Å². The molecule has 1 unspecified atom stereocenters. The first-order chi connectivity index (χ1) is 8.33. The average molecular weight is 233 g/mol. The Bertz CT molecular complexity index is 281. The van der Waals surface area contributed by atoms with E-state index in [9.17, 15) is 0 Å². The van der Waals surface area contributed by atoms with Crippen molar-refractivity contribution in [3.05, 3.63) is 35.9 Å². The molecule has 96 valence electrons. The van der Waals surface area contributed by atoms with Crippen LogP contribution in [0.4, 0.5) is 0 Å². The van der Waals surface area contributed by atoms with E-state index < -0.39 is 0 Å². The second kappa shape index (κ2) is 8.30. The number of unbranched alkanes of at least 4 members (excludes halogenated alkanes) is 1. The Balaban J connectivity index is 2.75. The normalized spacial score (nSPS) is 12.9. The van der Waals surface area contributed by atoms with E-state index in [1.165, 1.54) is 37.8 Å². The van der Waals surface area contributed by atoms with Crippen LogP contribution < -0.4 is 0 Å². The molecule has 0 saturated heterocycles. The molecule has 17 heavy (non-hydrogen) atoms. The molecule has 0 fully saturated rings. The van der Waals surface area contributed by atoms with E-state index in [0.29, 0.717) is 6.04 Å². The quantitative estimate of drug-likeness (QED) is 0.631. The Hall–Kier alpha value is -0.820. The van der Waals surface area contributed by atoms with Gasteiger partial charge >= 0.3 is 0 Å². The monoisotopic (exact) mass is 233 g/mol. The molecule has 0 saturated carbocycles. The third-order valence-electron chi connectivity index (χ3n) is 3.39. The molecule has 0 amide bonds. The Kier molecular flexibility index (Phi) is 6.95. The van der Waals surface area contributed by atoms with E-state index in [1.807, 2.05) is 0 Å². The fraction of sp³-hybridized carbons (Fsp3) is 0.625. The van der Waals surface area contributed by atoms with Gasteiger partial charge in [0.1, 0.15) is 0 Å². The summed E-state index contributed by atoms with van der Waals surface area (Å²) >= 11 is 0. The molecule has 1 rings (SSSR count). The van der Waals surface area contributed by atoms with Crippen LogP contribution in [0.5, 0.6) is 0 Å². The summed E-state index contributed by atoms with van der Waals surface area (Å²) in [5, 5.41) is 0. The Morgan fingerprint density at radius 2 is 1.71 bits per heavy atom. The molecule has 0 aliphatic rings. The number of hydrogen-bond acceptors (Lipinski definition) is 1. The second-order valence-corrected chi connectivity index (χ2v) is 4.70. The fourth-order valence-corrected chi connectivity index (χ4v) is 2.40. The van der Waals surface area contributed by atoms with Gasteiger partial charge in [0.15, 0.2) is 0 Å². The van der Waals surface area contributed by atoms with Crippen LogP contribution in [0.1, 0.15) is 58.1 Å². The first-order valence-electron chi connectivity index (χ1n) is 7.12. The van der Waals surface area contributed by atoms with E-state index >= 15 is 0 Å². The van der Waals surface area contributed by atoms with Gasteiger partial charge < -0.3 is 0 Å². The van der Waals surface area contributed by atoms with Crippen LogP contribution in [0, 0.1) is 0 Å². The number of hydrogen-bond donors (Lipinski definition) is 0. The van der Waals surface area contributed by atoms with Crippen molar-refractivity contribution in [3.63, 3.8) is 0 Å². The SMILES string of the molecule is CCCCN(CC)C(CCC)c1ccccc1. The van der Waals surface area contributed by atoms with Gasteiger partial charge in [-0.3, -0.25) is 4.90 Å². The van der Waals surface area contributed by atoms with Crippen molar-refractivity contribution in [2.24, 2.45) is 0 Å². The molecule has 1 atom stereocenters. The van der Waals surface area contributed by atoms with Crippen molar-refractivity contribution >= 4 is 0 Å². The number of rotatable bonds is 8. The largest absolute Gasteiger partial charge is 0.297 e. The minimum Gasteiger partial charge on any atom is -0.297 e. The Labute approximate surface area is 107 Å². The molecule has 0 radical (unpaired) electrons. The van der Waals surface area contributed by atoms with E-state index in [1.54, 1.807) is 0 Å². The zero-order chi connectivity index (χ0) is 12.5. The predicted octanol–water partition coefficient (Wildman–Crippen LogP) is 4.65. The highest BCUT2D eigenvalue weighted by Gasteiger charge is 2.17. The van der Waals surface area contributed by atoms with Crippen molar-refractivity contribution in [1.82, 2.24) is 4.90 Å². The Morgan fingerprint density at radius 1 is 1.00 bits per heavy atom. The number of benzene rings is 1. The maximum Gasteiger partial charge on any atom is 0.0347 e. The molecule has 0 heterocycles. The molecule has 1 nitrogen and oxygen atoms in total. The minimum atomic E-state index is 0.609. The van der Waals surface area contributed by atoms with Crippen molar-refractivity contribution in [2.75, 3.05) is 13.1 Å². The molecule has 0 aliphatic carbocycles. The summed E-state index contributed by atoms with van der Waals surface area (Å²) in [5.41, 5.74) is 1.48. The molecular formula is C16H27N. The van der Waals surface area contributed by atoms with Gasteiger partial charge in [0.25, 0.3) is 0 Å². The van der Waals surface area contributed by atoms with Crippen LogP contribution in [0.2, 0.25) is 0 Å². The van der Waals surface area contributed by atoms with Gasteiger partial charge in [-0.05, 0) is 31.5 Å². The lowest BCUT2D eigenvalue weighted by Crippen LogP contribution is -2.29. The summed E-state index contributed by atoms with van der Waals surface area (Å²) < 4.78 is 0. The van der Waals surface area contributed by atoms with Crippen molar-refractivity contribution in [1.29, 1.82) is 0 Å². The smallest absolute Gasteiger partial charge is 0.0347 e. The summed E-state index contributed by atoms with van der Waals surface area (Å²) in [6.07, 6.45) is 5.11. The topological polar surface area (TPSA) is 3.24 Å². The molecule has 1 heteroatoms. The maximum atomic E-state index is 2.63. The summed E-state index contributed by atoms with van der Waals surface area (Å²) in [6, 6.07) is 11.6. The lowest BCUT2D eigenvalue weighted by molar-refractivity contribution is 0.193. The van der Waals surface area contributed by atoms with Gasteiger partial charge in [-0.25, -0.2) is 0 Å². The molecule has 0 aliphatic heterocycles. The highest BCUT2D eigenvalue weighted by Crippen LogP contribution is 2.25. The summed E-state index contributed by atoms with van der Waals surface area (Å²) in [5.74, 6) is 0. The standard InChI is InChI=1S/C16H27N/c1-4-7-14-17(6-3)16(11-5-2)15-12-9-8-10-13-15/h8-10,12-13,16H,4-7,11,14H2,1-3H3. The van der Waals surface area contributed by atoms with Gasteiger partial charge in [-0.1, -0.05) is 63.9 Å². The van der Waals surface area contributed by atoms with Crippen LogP contribution >= 0.6 is 0 Å². The zero-order valence-electron chi connectivity index (χ0n) is 11.7. The number of nitrogens with zero attached hydrogens (tertiary/aromatic N) is 1. The summed E-state index contributed by atoms with van der Waals surface area (Å²) in [4.78, 5) is 2.63. The van der Waals surface area contributed by atoms with Crippen LogP contribution in [0.3, 0.4) is 0 Å². The highest BCUT2D eigenvalue weighted by atomic mass is 15.1. The van der Waals surface area contributed by atoms with E-state index in [4.69, 9.17) is 0 Å². The molecule has 0 aromatic heterocycles.